The van der Waals surface area contributed by atoms with Crippen molar-refractivity contribution in [2.24, 2.45) is 0 Å². The minimum atomic E-state index is -0.270. The lowest BCUT2D eigenvalue weighted by atomic mass is 10.0. The van der Waals surface area contributed by atoms with E-state index in [1.807, 2.05) is 38.1 Å². The summed E-state index contributed by atoms with van der Waals surface area (Å²) in [6.07, 6.45) is 4.16. The van der Waals surface area contributed by atoms with Gasteiger partial charge in [0.15, 0.2) is 18.1 Å². The Balaban J connectivity index is 1.33. The van der Waals surface area contributed by atoms with E-state index in [-0.39, 0.29) is 35.8 Å². The van der Waals surface area contributed by atoms with Crippen LogP contribution in [-0.4, -0.2) is 52.2 Å². The normalized spacial score (nSPS) is 19.2. The molecule has 0 spiro atoms. The van der Waals surface area contributed by atoms with E-state index in [9.17, 15) is 4.79 Å². The molecule has 1 atom stereocenters. The minimum Gasteiger partial charge on any atom is -0.483 e. The number of carbonyl (C=O) groups is 1. The SMILES string of the molecule is CC1(C)Cc2cccc(OCC(=O)N3CCC(Oc4nccnc4C#N)C3)c2O1. The number of hydrogen-bond donors (Lipinski definition) is 0. The number of ether oxygens (including phenoxy) is 3. The Morgan fingerprint density at radius 2 is 2.21 bits per heavy atom. The highest BCUT2D eigenvalue weighted by Crippen LogP contribution is 2.41. The van der Waals surface area contributed by atoms with Crippen molar-refractivity contribution in [3.05, 3.63) is 41.9 Å². The number of likely N-dealkylation sites (tertiary alicyclic amines) is 1. The van der Waals surface area contributed by atoms with Crippen LogP contribution in [-0.2, 0) is 11.2 Å². The van der Waals surface area contributed by atoms with Crippen molar-refractivity contribution in [2.45, 2.75) is 38.4 Å². The average Bonchev–Trinajstić information content (AvgIpc) is 3.29. The number of nitrogens with zero attached hydrogens (tertiary/aromatic N) is 4. The molecule has 0 N–H and O–H groups in total. The summed E-state index contributed by atoms with van der Waals surface area (Å²) < 4.78 is 17.5. The zero-order valence-electron chi connectivity index (χ0n) is 16.4. The van der Waals surface area contributed by atoms with Crippen LogP contribution >= 0.6 is 0 Å². The van der Waals surface area contributed by atoms with Crippen molar-refractivity contribution >= 4 is 5.91 Å². The lowest BCUT2D eigenvalue weighted by molar-refractivity contribution is -0.132. The zero-order valence-corrected chi connectivity index (χ0v) is 16.4. The Hall–Kier alpha value is -3.34. The maximum atomic E-state index is 12.6. The van der Waals surface area contributed by atoms with Crippen molar-refractivity contribution in [1.82, 2.24) is 14.9 Å². The van der Waals surface area contributed by atoms with E-state index in [2.05, 4.69) is 9.97 Å². The molecule has 29 heavy (non-hydrogen) atoms. The molecule has 1 aromatic carbocycles. The van der Waals surface area contributed by atoms with E-state index in [1.54, 1.807) is 4.90 Å². The monoisotopic (exact) mass is 394 g/mol. The number of aromatic nitrogens is 2. The highest BCUT2D eigenvalue weighted by molar-refractivity contribution is 5.78. The first-order valence-electron chi connectivity index (χ1n) is 9.54. The lowest BCUT2D eigenvalue weighted by Crippen LogP contribution is -2.34. The van der Waals surface area contributed by atoms with E-state index < -0.39 is 0 Å². The Kier molecular flexibility index (Phi) is 4.97. The summed E-state index contributed by atoms with van der Waals surface area (Å²) in [5.41, 5.74) is 0.960. The number of fused-ring (bicyclic) bond motifs is 1. The van der Waals surface area contributed by atoms with Gasteiger partial charge >= 0.3 is 0 Å². The molecule has 8 heteroatoms. The predicted molar refractivity (Wildman–Crippen MR) is 103 cm³/mol. The second-order valence-corrected chi connectivity index (χ2v) is 7.76. The largest absolute Gasteiger partial charge is 0.483 e. The molecule has 1 fully saturated rings. The molecular formula is C21H22N4O4. The van der Waals surface area contributed by atoms with Crippen LogP contribution in [0.25, 0.3) is 0 Å². The Morgan fingerprint density at radius 1 is 1.38 bits per heavy atom. The van der Waals surface area contributed by atoms with E-state index in [0.717, 1.165) is 17.7 Å². The molecule has 4 rings (SSSR count). The number of carbonyl (C=O) groups excluding carboxylic acids is 1. The third-order valence-corrected chi connectivity index (χ3v) is 4.95. The minimum absolute atomic E-state index is 0.0679. The van der Waals surface area contributed by atoms with Crippen molar-refractivity contribution in [1.29, 1.82) is 5.26 Å². The van der Waals surface area contributed by atoms with Gasteiger partial charge in [-0.05, 0) is 19.9 Å². The molecule has 8 nitrogen and oxygen atoms in total. The molecule has 0 saturated carbocycles. The highest BCUT2D eigenvalue weighted by atomic mass is 16.5. The van der Waals surface area contributed by atoms with Gasteiger partial charge in [-0.2, -0.15) is 5.26 Å². The van der Waals surface area contributed by atoms with Crippen LogP contribution in [0.1, 0.15) is 31.5 Å². The first kappa shape index (κ1) is 19.0. The zero-order chi connectivity index (χ0) is 20.4. The fourth-order valence-corrected chi connectivity index (χ4v) is 3.63. The van der Waals surface area contributed by atoms with Gasteiger partial charge in [-0.1, -0.05) is 12.1 Å². The second-order valence-electron chi connectivity index (χ2n) is 7.76. The molecule has 150 valence electrons. The van der Waals surface area contributed by atoms with Crippen molar-refractivity contribution in [3.63, 3.8) is 0 Å². The van der Waals surface area contributed by atoms with Crippen LogP contribution in [0, 0.1) is 11.3 Å². The van der Waals surface area contributed by atoms with Gasteiger partial charge in [0.2, 0.25) is 5.69 Å². The van der Waals surface area contributed by atoms with Gasteiger partial charge < -0.3 is 19.1 Å². The van der Waals surface area contributed by atoms with Gasteiger partial charge in [0.25, 0.3) is 11.8 Å². The van der Waals surface area contributed by atoms with E-state index in [1.165, 1.54) is 12.4 Å². The van der Waals surface area contributed by atoms with Crippen LogP contribution in [0.5, 0.6) is 17.4 Å². The summed E-state index contributed by atoms with van der Waals surface area (Å²) in [5.74, 6) is 1.39. The Morgan fingerprint density at radius 3 is 3.03 bits per heavy atom. The Bertz CT molecular complexity index is 969. The van der Waals surface area contributed by atoms with Gasteiger partial charge in [0.1, 0.15) is 17.8 Å². The smallest absolute Gasteiger partial charge is 0.260 e. The van der Waals surface area contributed by atoms with Crippen LogP contribution in [0.3, 0.4) is 0 Å². The van der Waals surface area contributed by atoms with E-state index in [0.29, 0.717) is 25.3 Å². The quantitative estimate of drug-likeness (QED) is 0.766. The average molecular weight is 394 g/mol. The van der Waals surface area contributed by atoms with Crippen molar-refractivity contribution in [2.75, 3.05) is 19.7 Å². The molecule has 3 heterocycles. The number of para-hydroxylation sites is 1. The number of benzene rings is 1. The molecule has 0 bridgehead atoms. The molecule has 2 aromatic rings. The molecule has 0 aliphatic carbocycles. The number of hydrogen-bond acceptors (Lipinski definition) is 7. The second kappa shape index (κ2) is 7.59. The molecular weight excluding hydrogens is 372 g/mol. The summed E-state index contributed by atoms with van der Waals surface area (Å²) in [5, 5.41) is 9.09. The molecule has 1 saturated heterocycles. The lowest BCUT2D eigenvalue weighted by Gasteiger charge is -2.19. The summed E-state index contributed by atoms with van der Waals surface area (Å²) in [6, 6.07) is 7.71. The van der Waals surface area contributed by atoms with Crippen LogP contribution in [0.15, 0.2) is 30.6 Å². The summed E-state index contributed by atoms with van der Waals surface area (Å²) >= 11 is 0. The van der Waals surface area contributed by atoms with Crippen molar-refractivity contribution in [3.8, 4) is 23.4 Å². The fourth-order valence-electron chi connectivity index (χ4n) is 3.63. The van der Waals surface area contributed by atoms with Gasteiger partial charge in [0, 0.05) is 37.3 Å². The fraction of sp³-hybridized carbons (Fsp3) is 0.429. The van der Waals surface area contributed by atoms with Crippen LogP contribution in [0.2, 0.25) is 0 Å². The first-order chi connectivity index (χ1) is 13.9. The molecule has 1 amide bonds. The number of amides is 1. The molecule has 1 aromatic heterocycles. The van der Waals surface area contributed by atoms with E-state index in [4.69, 9.17) is 19.5 Å². The summed E-state index contributed by atoms with van der Waals surface area (Å²) in [6.45, 7) is 4.97. The highest BCUT2D eigenvalue weighted by Gasteiger charge is 2.33. The number of rotatable bonds is 5. The summed E-state index contributed by atoms with van der Waals surface area (Å²) in [4.78, 5) is 22.3. The molecule has 0 radical (unpaired) electrons. The van der Waals surface area contributed by atoms with Gasteiger partial charge in [0.05, 0.1) is 6.54 Å². The van der Waals surface area contributed by atoms with Gasteiger partial charge in [-0.3, -0.25) is 4.79 Å². The molecule has 2 aliphatic rings. The van der Waals surface area contributed by atoms with Crippen molar-refractivity contribution < 1.29 is 19.0 Å². The Labute approximate surface area is 169 Å². The van der Waals surface area contributed by atoms with Crippen LogP contribution < -0.4 is 14.2 Å². The third kappa shape index (κ3) is 4.09. The molecule has 2 aliphatic heterocycles. The van der Waals surface area contributed by atoms with Gasteiger partial charge in [-0.25, -0.2) is 9.97 Å². The predicted octanol–water partition coefficient (Wildman–Crippen LogP) is 2.12. The number of nitriles is 1. The third-order valence-electron chi connectivity index (χ3n) is 4.95. The van der Waals surface area contributed by atoms with E-state index >= 15 is 0 Å². The molecule has 1 unspecified atom stereocenters. The summed E-state index contributed by atoms with van der Waals surface area (Å²) in [7, 11) is 0. The maximum absolute atomic E-state index is 12.6. The maximum Gasteiger partial charge on any atom is 0.260 e. The topological polar surface area (TPSA) is 97.6 Å². The van der Waals surface area contributed by atoms with Gasteiger partial charge in [-0.15, -0.1) is 0 Å². The first-order valence-corrected chi connectivity index (χ1v) is 9.54. The standard InChI is InChI=1S/C21H22N4O4/c1-21(2)10-14-4-3-5-17(19(14)29-21)27-13-18(26)25-9-6-15(12-25)28-20-16(11-22)23-7-8-24-20/h3-5,7-8,15H,6,9-10,12-13H2,1-2H3. The van der Waals surface area contributed by atoms with Crippen LogP contribution in [0.4, 0.5) is 0 Å².